The highest BCUT2D eigenvalue weighted by Crippen LogP contribution is 2.33. The Morgan fingerprint density at radius 2 is 2.00 bits per heavy atom. The van der Waals surface area contributed by atoms with E-state index in [1.54, 1.807) is 18.2 Å². The molecular formula is C21H34F2IN3O2. The number of ether oxygens (including phenoxy) is 2. The molecule has 1 fully saturated rings. The summed E-state index contributed by atoms with van der Waals surface area (Å²) in [6, 6.07) is 6.74. The van der Waals surface area contributed by atoms with Crippen molar-refractivity contribution in [3.8, 4) is 5.75 Å². The van der Waals surface area contributed by atoms with Crippen molar-refractivity contribution < 1.29 is 18.3 Å². The second kappa shape index (κ2) is 12.5. The van der Waals surface area contributed by atoms with Crippen molar-refractivity contribution in [1.82, 2.24) is 10.6 Å². The second-order valence-electron chi connectivity index (χ2n) is 8.12. The van der Waals surface area contributed by atoms with Crippen LogP contribution in [0, 0.1) is 11.3 Å². The molecule has 0 saturated carbocycles. The molecule has 0 amide bonds. The van der Waals surface area contributed by atoms with Crippen LogP contribution in [-0.2, 0) is 11.3 Å². The van der Waals surface area contributed by atoms with E-state index in [1.165, 1.54) is 6.07 Å². The number of alkyl halides is 2. The van der Waals surface area contributed by atoms with Gasteiger partial charge in [-0.1, -0.05) is 39.0 Å². The molecule has 2 unspecified atom stereocenters. The normalized spacial score (nSPS) is 20.2. The molecule has 0 bridgehead atoms. The van der Waals surface area contributed by atoms with Gasteiger partial charge in [0, 0.05) is 31.2 Å². The number of para-hydroxylation sites is 1. The van der Waals surface area contributed by atoms with Gasteiger partial charge in [-0.2, -0.15) is 8.78 Å². The Kier molecular flexibility index (Phi) is 11.2. The fourth-order valence-electron chi connectivity index (χ4n) is 3.59. The Morgan fingerprint density at radius 3 is 2.66 bits per heavy atom. The number of guanidine groups is 1. The lowest BCUT2D eigenvalue weighted by Gasteiger charge is -2.40. The third-order valence-corrected chi connectivity index (χ3v) is 4.77. The summed E-state index contributed by atoms with van der Waals surface area (Å²) in [4.78, 5) is 4.55. The molecule has 5 nitrogen and oxygen atoms in total. The molecule has 0 aromatic heterocycles. The van der Waals surface area contributed by atoms with Crippen molar-refractivity contribution >= 4 is 29.9 Å². The van der Waals surface area contributed by atoms with Gasteiger partial charge in [-0.15, -0.1) is 24.0 Å². The first-order valence-electron chi connectivity index (χ1n) is 9.97. The summed E-state index contributed by atoms with van der Waals surface area (Å²) < 4.78 is 35.8. The Bertz CT molecular complexity index is 639. The molecule has 1 aliphatic heterocycles. The maximum atomic E-state index is 12.6. The van der Waals surface area contributed by atoms with Gasteiger partial charge in [-0.05, 0) is 31.2 Å². The van der Waals surface area contributed by atoms with Gasteiger partial charge in [0.25, 0.3) is 0 Å². The van der Waals surface area contributed by atoms with Crippen molar-refractivity contribution in [1.29, 1.82) is 0 Å². The number of benzene rings is 1. The molecule has 2 atom stereocenters. The van der Waals surface area contributed by atoms with E-state index in [2.05, 4.69) is 41.1 Å². The smallest absolute Gasteiger partial charge is 0.387 e. The third kappa shape index (κ3) is 8.62. The largest absolute Gasteiger partial charge is 0.434 e. The summed E-state index contributed by atoms with van der Waals surface area (Å²) in [6.45, 7) is 8.28. The topological polar surface area (TPSA) is 54.9 Å². The fourth-order valence-corrected chi connectivity index (χ4v) is 3.59. The van der Waals surface area contributed by atoms with Gasteiger partial charge < -0.3 is 20.1 Å². The van der Waals surface area contributed by atoms with Gasteiger partial charge in [0.15, 0.2) is 5.96 Å². The third-order valence-electron chi connectivity index (χ3n) is 4.77. The van der Waals surface area contributed by atoms with E-state index >= 15 is 0 Å². The zero-order valence-electron chi connectivity index (χ0n) is 17.7. The van der Waals surface area contributed by atoms with Crippen molar-refractivity contribution in [3.05, 3.63) is 29.8 Å². The Labute approximate surface area is 190 Å². The Hall–Kier alpha value is -1.16. The molecule has 0 aliphatic carbocycles. The predicted octanol–water partition coefficient (Wildman–Crippen LogP) is 4.80. The minimum Gasteiger partial charge on any atom is -0.434 e. The summed E-state index contributed by atoms with van der Waals surface area (Å²) in [5.41, 5.74) is 0.696. The fraction of sp³-hybridized carbons (Fsp3) is 0.667. The quantitative estimate of drug-likeness (QED) is 0.305. The summed E-state index contributed by atoms with van der Waals surface area (Å²) in [6.07, 6.45) is 2.36. The lowest BCUT2D eigenvalue weighted by atomic mass is 9.78. The second-order valence-corrected chi connectivity index (χ2v) is 8.12. The molecule has 1 aromatic carbocycles. The van der Waals surface area contributed by atoms with E-state index in [-0.39, 0.29) is 47.8 Å². The van der Waals surface area contributed by atoms with Gasteiger partial charge in [0.1, 0.15) is 5.75 Å². The van der Waals surface area contributed by atoms with E-state index in [4.69, 9.17) is 4.74 Å². The monoisotopic (exact) mass is 525 g/mol. The summed E-state index contributed by atoms with van der Waals surface area (Å²) in [7, 11) is 0. The highest BCUT2D eigenvalue weighted by atomic mass is 127. The minimum absolute atomic E-state index is 0. The minimum atomic E-state index is -2.85. The molecular weight excluding hydrogens is 491 g/mol. The number of nitrogens with one attached hydrogen (secondary N) is 2. The van der Waals surface area contributed by atoms with Crippen LogP contribution in [0.3, 0.4) is 0 Å². The van der Waals surface area contributed by atoms with Crippen LogP contribution in [-0.4, -0.2) is 38.4 Å². The van der Waals surface area contributed by atoms with Crippen LogP contribution >= 0.6 is 24.0 Å². The molecule has 2 N–H and O–H groups in total. The number of hydrogen-bond donors (Lipinski definition) is 2. The van der Waals surface area contributed by atoms with Crippen LogP contribution in [0.25, 0.3) is 0 Å². The number of nitrogens with zero attached hydrogens (tertiary/aromatic N) is 1. The molecule has 0 radical (unpaired) electrons. The van der Waals surface area contributed by atoms with Gasteiger partial charge in [-0.25, -0.2) is 4.99 Å². The lowest BCUT2D eigenvalue weighted by molar-refractivity contribution is -0.0835. The number of rotatable bonds is 7. The first-order chi connectivity index (χ1) is 13.3. The molecule has 2 rings (SSSR count). The van der Waals surface area contributed by atoms with E-state index in [1.807, 2.05) is 6.92 Å². The SMILES string of the molecule is CCNC(=NCc1ccccc1OC(F)F)NCC1CCCOC1C(C)(C)C.I. The van der Waals surface area contributed by atoms with E-state index < -0.39 is 6.61 Å². The zero-order chi connectivity index (χ0) is 20.6. The van der Waals surface area contributed by atoms with Crippen molar-refractivity contribution in [2.75, 3.05) is 19.7 Å². The number of halogens is 3. The van der Waals surface area contributed by atoms with Crippen molar-refractivity contribution in [2.24, 2.45) is 16.3 Å². The lowest BCUT2D eigenvalue weighted by Crippen LogP contribution is -2.47. The zero-order valence-corrected chi connectivity index (χ0v) is 20.0. The van der Waals surface area contributed by atoms with Crippen LogP contribution < -0.4 is 15.4 Å². The molecule has 1 aromatic rings. The van der Waals surface area contributed by atoms with Crippen LogP contribution in [0.1, 0.15) is 46.1 Å². The van der Waals surface area contributed by atoms with Crippen molar-refractivity contribution in [2.45, 2.75) is 59.8 Å². The molecule has 1 saturated heterocycles. The number of aliphatic imine (C=N–C) groups is 1. The molecule has 0 spiro atoms. The standard InChI is InChI=1S/C21H33F2N3O2.HI/c1-5-24-20(25-13-15-9-6-7-11-17(15)28-19(22)23)26-14-16-10-8-12-27-18(16)21(2,3)4;/h6-7,9,11,16,18-19H,5,8,10,12-14H2,1-4H3,(H2,24,25,26);1H. The average molecular weight is 525 g/mol. The molecule has 1 heterocycles. The van der Waals surface area contributed by atoms with Crippen LogP contribution in [0.15, 0.2) is 29.3 Å². The van der Waals surface area contributed by atoms with Gasteiger partial charge in [0.05, 0.1) is 12.6 Å². The number of hydrogen-bond acceptors (Lipinski definition) is 3. The Morgan fingerprint density at radius 1 is 1.28 bits per heavy atom. The predicted molar refractivity (Wildman–Crippen MR) is 123 cm³/mol. The maximum absolute atomic E-state index is 12.6. The molecule has 8 heteroatoms. The van der Waals surface area contributed by atoms with Gasteiger partial charge >= 0.3 is 6.61 Å². The van der Waals surface area contributed by atoms with E-state index in [0.29, 0.717) is 24.0 Å². The van der Waals surface area contributed by atoms with Gasteiger partial charge in [0.2, 0.25) is 0 Å². The Balaban J connectivity index is 0.00000420. The molecule has 29 heavy (non-hydrogen) atoms. The first-order valence-corrected chi connectivity index (χ1v) is 9.97. The van der Waals surface area contributed by atoms with Crippen LogP contribution in [0.5, 0.6) is 5.75 Å². The summed E-state index contributed by atoms with van der Waals surface area (Å²) in [5.74, 6) is 1.21. The van der Waals surface area contributed by atoms with Crippen molar-refractivity contribution in [3.63, 3.8) is 0 Å². The maximum Gasteiger partial charge on any atom is 0.387 e. The van der Waals surface area contributed by atoms with E-state index in [0.717, 1.165) is 26.0 Å². The summed E-state index contributed by atoms with van der Waals surface area (Å²) in [5, 5.41) is 6.61. The molecule has 166 valence electrons. The summed E-state index contributed by atoms with van der Waals surface area (Å²) >= 11 is 0. The van der Waals surface area contributed by atoms with Crippen LogP contribution in [0.4, 0.5) is 8.78 Å². The molecule has 1 aliphatic rings. The van der Waals surface area contributed by atoms with E-state index in [9.17, 15) is 8.78 Å². The first kappa shape index (κ1) is 25.9. The average Bonchev–Trinajstić information content (AvgIpc) is 2.64. The highest BCUT2D eigenvalue weighted by molar-refractivity contribution is 14.0. The highest BCUT2D eigenvalue weighted by Gasteiger charge is 2.35. The van der Waals surface area contributed by atoms with Gasteiger partial charge in [-0.3, -0.25) is 0 Å². The van der Waals surface area contributed by atoms with Crippen LogP contribution in [0.2, 0.25) is 0 Å².